The molecule has 0 saturated carbocycles. The molecule has 0 bridgehead atoms. The first-order chi connectivity index (χ1) is 10.4. The van der Waals surface area contributed by atoms with Gasteiger partial charge in [0.15, 0.2) is 0 Å². The van der Waals surface area contributed by atoms with Gasteiger partial charge in [0.05, 0.1) is 11.7 Å². The summed E-state index contributed by atoms with van der Waals surface area (Å²) in [6.45, 7) is 0. The predicted molar refractivity (Wildman–Crippen MR) is 81.2 cm³/mol. The number of fused-ring (bicyclic) bond motifs is 3. The van der Waals surface area contributed by atoms with E-state index in [1.54, 1.807) is 6.21 Å². The Labute approximate surface area is 119 Å². The van der Waals surface area contributed by atoms with E-state index in [1.807, 2.05) is 24.3 Å². The van der Waals surface area contributed by atoms with Gasteiger partial charge < -0.3 is 4.98 Å². The van der Waals surface area contributed by atoms with Crippen LogP contribution in [0.15, 0.2) is 47.6 Å². The van der Waals surface area contributed by atoms with E-state index < -0.39 is 0 Å². The van der Waals surface area contributed by atoms with Crippen LogP contribution in [0.2, 0.25) is 0 Å². The van der Waals surface area contributed by atoms with Crippen molar-refractivity contribution in [3.05, 3.63) is 48.0 Å². The highest BCUT2D eigenvalue weighted by Gasteiger charge is 2.05. The van der Waals surface area contributed by atoms with E-state index in [2.05, 4.69) is 54.3 Å². The Hall–Kier alpha value is -3.22. The van der Waals surface area contributed by atoms with E-state index >= 15 is 0 Å². The number of tetrazole rings is 1. The standard InChI is InChI=1S/C14H11N7/c1-2-7-12-10(5-1)11-6-3-4-9(13(11)16-12)8-15-17-14-18-20-21-19-14/h1-8,16H,(H2,17,18,19,20,21)/b15-8+. The summed E-state index contributed by atoms with van der Waals surface area (Å²) in [4.78, 5) is 3.42. The van der Waals surface area contributed by atoms with Crippen LogP contribution in [0.4, 0.5) is 5.95 Å². The number of nitrogens with one attached hydrogen (secondary N) is 3. The van der Waals surface area contributed by atoms with Gasteiger partial charge in [-0.05, 0) is 11.3 Å². The summed E-state index contributed by atoms with van der Waals surface area (Å²) in [5, 5.41) is 19.8. The molecule has 0 amide bonds. The van der Waals surface area contributed by atoms with Crippen molar-refractivity contribution in [2.45, 2.75) is 0 Å². The average molecular weight is 277 g/mol. The van der Waals surface area contributed by atoms with Gasteiger partial charge in [-0.15, -0.1) is 5.10 Å². The Bertz CT molecular complexity index is 921. The normalized spacial score (nSPS) is 11.6. The van der Waals surface area contributed by atoms with E-state index in [9.17, 15) is 0 Å². The highest BCUT2D eigenvalue weighted by Crippen LogP contribution is 2.26. The summed E-state index contributed by atoms with van der Waals surface area (Å²) in [7, 11) is 0. The van der Waals surface area contributed by atoms with Crippen molar-refractivity contribution in [1.29, 1.82) is 0 Å². The molecule has 102 valence electrons. The molecule has 3 N–H and O–H groups in total. The maximum Gasteiger partial charge on any atom is 0.283 e. The van der Waals surface area contributed by atoms with Crippen molar-refractivity contribution in [1.82, 2.24) is 25.6 Å². The van der Waals surface area contributed by atoms with Gasteiger partial charge in [0.1, 0.15) is 0 Å². The largest absolute Gasteiger partial charge is 0.354 e. The van der Waals surface area contributed by atoms with Gasteiger partial charge in [0.25, 0.3) is 5.95 Å². The lowest BCUT2D eigenvalue weighted by molar-refractivity contribution is 0.881. The van der Waals surface area contributed by atoms with E-state index in [0.717, 1.165) is 16.6 Å². The molecule has 7 heteroatoms. The van der Waals surface area contributed by atoms with Crippen molar-refractivity contribution in [2.24, 2.45) is 5.10 Å². The average Bonchev–Trinajstić information content (AvgIpc) is 3.15. The Morgan fingerprint density at radius 2 is 1.95 bits per heavy atom. The molecule has 0 aliphatic carbocycles. The lowest BCUT2D eigenvalue weighted by Gasteiger charge is -1.96. The fraction of sp³-hybridized carbons (Fsp3) is 0. The molecular weight excluding hydrogens is 266 g/mol. The van der Waals surface area contributed by atoms with Crippen LogP contribution in [0, 0.1) is 0 Å². The van der Waals surface area contributed by atoms with E-state index in [1.165, 1.54) is 10.8 Å². The molecule has 2 aromatic heterocycles. The molecule has 0 aliphatic rings. The first-order valence-corrected chi connectivity index (χ1v) is 6.44. The molecule has 0 spiro atoms. The van der Waals surface area contributed by atoms with E-state index in [-0.39, 0.29) is 0 Å². The number of hydrogen-bond acceptors (Lipinski definition) is 5. The molecule has 2 heterocycles. The number of hydrazone groups is 1. The summed E-state index contributed by atoms with van der Waals surface area (Å²) in [5.74, 6) is 0.329. The second kappa shape index (κ2) is 4.71. The number of aromatic amines is 2. The predicted octanol–water partition coefficient (Wildman–Crippen LogP) is 2.28. The zero-order chi connectivity index (χ0) is 14.1. The number of benzene rings is 2. The van der Waals surface area contributed by atoms with Gasteiger partial charge >= 0.3 is 0 Å². The molecule has 0 unspecified atom stereocenters. The Morgan fingerprint density at radius 3 is 2.86 bits per heavy atom. The molecule has 0 aliphatic heterocycles. The number of anilines is 1. The van der Waals surface area contributed by atoms with Crippen molar-refractivity contribution in [3.63, 3.8) is 0 Å². The number of aromatic nitrogens is 5. The summed E-state index contributed by atoms with van der Waals surface area (Å²) >= 11 is 0. The van der Waals surface area contributed by atoms with Crippen molar-refractivity contribution >= 4 is 34.0 Å². The van der Waals surface area contributed by atoms with E-state index in [4.69, 9.17) is 0 Å². The quantitative estimate of drug-likeness (QED) is 0.395. The fourth-order valence-electron chi connectivity index (χ4n) is 2.37. The molecule has 0 radical (unpaired) electrons. The summed E-state index contributed by atoms with van der Waals surface area (Å²) < 4.78 is 0. The van der Waals surface area contributed by atoms with Crippen LogP contribution in [0.25, 0.3) is 21.8 Å². The van der Waals surface area contributed by atoms with Crippen molar-refractivity contribution in [2.75, 3.05) is 5.43 Å². The second-order valence-corrected chi connectivity index (χ2v) is 4.55. The molecule has 2 aromatic carbocycles. The third-order valence-corrected chi connectivity index (χ3v) is 3.29. The van der Waals surface area contributed by atoms with Crippen LogP contribution in [-0.2, 0) is 0 Å². The first-order valence-electron chi connectivity index (χ1n) is 6.44. The van der Waals surface area contributed by atoms with Crippen LogP contribution < -0.4 is 5.43 Å². The van der Waals surface area contributed by atoms with Crippen LogP contribution in [0.1, 0.15) is 5.56 Å². The van der Waals surface area contributed by atoms with Gasteiger partial charge in [-0.25, -0.2) is 5.43 Å². The monoisotopic (exact) mass is 277 g/mol. The molecule has 7 nitrogen and oxygen atoms in total. The minimum absolute atomic E-state index is 0.329. The van der Waals surface area contributed by atoms with Gasteiger partial charge in [0.2, 0.25) is 0 Å². The van der Waals surface area contributed by atoms with Gasteiger partial charge in [-0.3, -0.25) is 0 Å². The summed E-state index contributed by atoms with van der Waals surface area (Å²) in [6, 6.07) is 14.3. The number of hydrogen-bond donors (Lipinski definition) is 3. The molecule has 4 aromatic rings. The Balaban J connectivity index is 1.76. The maximum absolute atomic E-state index is 4.12. The number of H-pyrrole nitrogens is 2. The zero-order valence-electron chi connectivity index (χ0n) is 10.9. The molecule has 0 atom stereocenters. The summed E-state index contributed by atoms with van der Waals surface area (Å²) in [5.41, 5.74) is 5.86. The third-order valence-electron chi connectivity index (χ3n) is 3.29. The number of para-hydroxylation sites is 2. The van der Waals surface area contributed by atoms with E-state index in [0.29, 0.717) is 5.95 Å². The molecule has 0 saturated heterocycles. The maximum atomic E-state index is 4.12. The fourth-order valence-corrected chi connectivity index (χ4v) is 2.37. The minimum Gasteiger partial charge on any atom is -0.354 e. The topological polar surface area (TPSA) is 94.6 Å². The third kappa shape index (κ3) is 2.00. The van der Waals surface area contributed by atoms with Gasteiger partial charge in [-0.1, -0.05) is 41.5 Å². The Kier molecular flexibility index (Phi) is 2.60. The van der Waals surface area contributed by atoms with Crippen LogP contribution in [0.5, 0.6) is 0 Å². The van der Waals surface area contributed by atoms with Gasteiger partial charge in [-0.2, -0.15) is 10.3 Å². The van der Waals surface area contributed by atoms with Gasteiger partial charge in [0, 0.05) is 21.9 Å². The highest BCUT2D eigenvalue weighted by molar-refractivity contribution is 6.12. The number of nitrogens with zero attached hydrogens (tertiary/aromatic N) is 4. The minimum atomic E-state index is 0.329. The Morgan fingerprint density at radius 1 is 1.05 bits per heavy atom. The molecule has 21 heavy (non-hydrogen) atoms. The lowest BCUT2D eigenvalue weighted by Crippen LogP contribution is -1.93. The molecule has 0 fully saturated rings. The summed E-state index contributed by atoms with van der Waals surface area (Å²) in [6.07, 6.45) is 1.73. The molecular formula is C14H11N7. The zero-order valence-corrected chi connectivity index (χ0v) is 10.9. The second-order valence-electron chi connectivity index (χ2n) is 4.55. The first kappa shape index (κ1) is 11.6. The van der Waals surface area contributed by atoms with Crippen LogP contribution >= 0.6 is 0 Å². The van der Waals surface area contributed by atoms with Crippen molar-refractivity contribution in [3.8, 4) is 0 Å². The van der Waals surface area contributed by atoms with Crippen LogP contribution in [0.3, 0.4) is 0 Å². The van der Waals surface area contributed by atoms with Crippen LogP contribution in [-0.4, -0.2) is 31.8 Å². The smallest absolute Gasteiger partial charge is 0.283 e. The SMILES string of the molecule is C(=N\Nc1nn[nH]n1)/c1cccc2c1[nH]c1ccccc12. The van der Waals surface area contributed by atoms with Crippen molar-refractivity contribution < 1.29 is 0 Å². The number of rotatable bonds is 3. The highest BCUT2D eigenvalue weighted by atomic mass is 15.5. The lowest BCUT2D eigenvalue weighted by atomic mass is 10.1. The molecule has 4 rings (SSSR count).